The maximum Gasteiger partial charge on any atom is 0.254 e. The van der Waals surface area contributed by atoms with Gasteiger partial charge in [0.1, 0.15) is 0 Å². The highest BCUT2D eigenvalue weighted by molar-refractivity contribution is 5.97. The van der Waals surface area contributed by atoms with Crippen LogP contribution in [0.2, 0.25) is 0 Å². The van der Waals surface area contributed by atoms with Crippen LogP contribution in [0.3, 0.4) is 0 Å². The largest absolute Gasteiger partial charge is 0.331 e. The van der Waals surface area contributed by atoms with Gasteiger partial charge in [-0.05, 0) is 30.0 Å². The number of carbonyl (C=O) groups excluding carboxylic acids is 1. The minimum absolute atomic E-state index is 0.211. The minimum atomic E-state index is 0.211. The Morgan fingerprint density at radius 2 is 1.64 bits per heavy atom. The van der Waals surface area contributed by atoms with Crippen LogP contribution >= 0.6 is 0 Å². The summed E-state index contributed by atoms with van der Waals surface area (Å²) < 4.78 is 0. The molecule has 22 heavy (non-hydrogen) atoms. The van der Waals surface area contributed by atoms with Crippen molar-refractivity contribution >= 4 is 5.91 Å². The Balaban J connectivity index is 1.73. The first-order chi connectivity index (χ1) is 10.8. The Morgan fingerprint density at radius 3 is 2.50 bits per heavy atom. The maximum absolute atomic E-state index is 13.0. The summed E-state index contributed by atoms with van der Waals surface area (Å²) in [5.41, 5.74) is 3.42. The molecule has 1 amide bonds. The van der Waals surface area contributed by atoms with E-state index in [2.05, 4.69) is 41.3 Å². The summed E-state index contributed by atoms with van der Waals surface area (Å²) in [7, 11) is 0. The summed E-state index contributed by atoms with van der Waals surface area (Å²) in [5.74, 6) is 0.731. The maximum atomic E-state index is 13.0. The molecule has 4 rings (SSSR count). The highest BCUT2D eigenvalue weighted by atomic mass is 16.2. The Hall–Kier alpha value is -2.09. The molecular formula is C20H21NO. The van der Waals surface area contributed by atoms with Crippen molar-refractivity contribution in [3.05, 3.63) is 71.3 Å². The molecule has 1 heterocycles. The van der Waals surface area contributed by atoms with Crippen LogP contribution in [0.25, 0.3) is 0 Å². The van der Waals surface area contributed by atoms with Gasteiger partial charge in [0, 0.05) is 24.1 Å². The van der Waals surface area contributed by atoms with Gasteiger partial charge in [-0.3, -0.25) is 4.79 Å². The van der Waals surface area contributed by atoms with Gasteiger partial charge in [-0.2, -0.15) is 0 Å². The summed E-state index contributed by atoms with van der Waals surface area (Å²) in [4.78, 5) is 15.1. The van der Waals surface area contributed by atoms with E-state index in [1.54, 1.807) is 0 Å². The third kappa shape index (κ3) is 2.23. The zero-order valence-electron chi connectivity index (χ0n) is 12.7. The molecular weight excluding hydrogens is 270 g/mol. The number of hydrogen-bond donors (Lipinski definition) is 0. The van der Waals surface area contributed by atoms with E-state index in [4.69, 9.17) is 0 Å². The van der Waals surface area contributed by atoms with E-state index < -0.39 is 0 Å². The summed E-state index contributed by atoms with van der Waals surface area (Å²) in [6, 6.07) is 19.0. The lowest BCUT2D eigenvalue weighted by Gasteiger charge is -2.45. The number of amides is 1. The van der Waals surface area contributed by atoms with Crippen LogP contribution in [0.1, 0.15) is 53.1 Å². The molecule has 1 aliphatic carbocycles. The average molecular weight is 291 g/mol. The first kappa shape index (κ1) is 13.6. The lowest BCUT2D eigenvalue weighted by Crippen LogP contribution is -2.48. The van der Waals surface area contributed by atoms with E-state index in [1.165, 1.54) is 30.4 Å². The standard InChI is InChI=1S/C20H21NO/c22-20-18-12-5-4-10-16(18)17-11-6-7-13-19(17)21(20)14-15-8-2-1-3-9-15/h1-5,8-10,12,17,19H,6-7,11,13-14H2/t17-,19-/m1/s1. The quantitative estimate of drug-likeness (QED) is 0.804. The summed E-state index contributed by atoms with van der Waals surface area (Å²) in [5, 5.41) is 0. The van der Waals surface area contributed by atoms with E-state index in [9.17, 15) is 4.79 Å². The number of hydrogen-bond acceptors (Lipinski definition) is 1. The third-order valence-electron chi connectivity index (χ3n) is 5.18. The monoisotopic (exact) mass is 291 g/mol. The second-order valence-electron chi connectivity index (χ2n) is 6.46. The van der Waals surface area contributed by atoms with Gasteiger partial charge in [-0.25, -0.2) is 0 Å². The average Bonchev–Trinajstić information content (AvgIpc) is 2.59. The van der Waals surface area contributed by atoms with Crippen molar-refractivity contribution in [2.24, 2.45) is 0 Å². The van der Waals surface area contributed by atoms with E-state index in [0.717, 1.165) is 18.5 Å². The molecule has 0 saturated heterocycles. The molecule has 0 radical (unpaired) electrons. The van der Waals surface area contributed by atoms with Gasteiger partial charge in [0.2, 0.25) is 0 Å². The fourth-order valence-electron chi connectivity index (χ4n) is 4.14. The first-order valence-electron chi connectivity index (χ1n) is 8.28. The number of carbonyl (C=O) groups is 1. The van der Waals surface area contributed by atoms with Gasteiger partial charge in [-0.1, -0.05) is 61.4 Å². The minimum Gasteiger partial charge on any atom is -0.331 e. The van der Waals surface area contributed by atoms with Crippen molar-refractivity contribution in [1.82, 2.24) is 4.90 Å². The second kappa shape index (κ2) is 5.60. The van der Waals surface area contributed by atoms with Crippen LogP contribution in [-0.4, -0.2) is 16.8 Å². The van der Waals surface area contributed by atoms with Gasteiger partial charge in [0.25, 0.3) is 5.91 Å². The second-order valence-corrected chi connectivity index (χ2v) is 6.46. The van der Waals surface area contributed by atoms with Crippen molar-refractivity contribution in [3.63, 3.8) is 0 Å². The van der Waals surface area contributed by atoms with Gasteiger partial charge < -0.3 is 4.90 Å². The summed E-state index contributed by atoms with van der Waals surface area (Å²) in [6.07, 6.45) is 4.86. The van der Waals surface area contributed by atoms with E-state index >= 15 is 0 Å². The van der Waals surface area contributed by atoms with Crippen molar-refractivity contribution in [2.45, 2.75) is 44.2 Å². The van der Waals surface area contributed by atoms with Crippen LogP contribution in [0.4, 0.5) is 0 Å². The molecule has 1 fully saturated rings. The molecule has 0 spiro atoms. The first-order valence-corrected chi connectivity index (χ1v) is 8.28. The molecule has 0 N–H and O–H groups in total. The molecule has 2 aromatic rings. The summed E-state index contributed by atoms with van der Waals surface area (Å²) in [6.45, 7) is 0.731. The number of rotatable bonds is 2. The van der Waals surface area contributed by atoms with Crippen molar-refractivity contribution in [1.29, 1.82) is 0 Å². The van der Waals surface area contributed by atoms with Crippen LogP contribution in [-0.2, 0) is 6.54 Å². The highest BCUT2D eigenvalue weighted by Gasteiger charge is 2.40. The molecule has 112 valence electrons. The molecule has 2 aliphatic rings. The molecule has 0 aromatic heterocycles. The zero-order valence-corrected chi connectivity index (χ0v) is 12.7. The fraction of sp³-hybridized carbons (Fsp3) is 0.350. The van der Waals surface area contributed by atoms with Crippen LogP contribution in [0, 0.1) is 0 Å². The van der Waals surface area contributed by atoms with E-state index in [1.807, 2.05) is 18.2 Å². The highest BCUT2D eigenvalue weighted by Crippen LogP contribution is 2.42. The number of benzene rings is 2. The zero-order chi connectivity index (χ0) is 14.9. The SMILES string of the molecule is O=C1c2ccccc2[C@H]2CCCC[C@H]2N1Cc1ccccc1. The van der Waals surface area contributed by atoms with Gasteiger partial charge in [-0.15, -0.1) is 0 Å². The van der Waals surface area contributed by atoms with E-state index in [0.29, 0.717) is 12.0 Å². The third-order valence-corrected chi connectivity index (χ3v) is 5.18. The Bertz CT molecular complexity index is 679. The molecule has 2 nitrogen and oxygen atoms in total. The van der Waals surface area contributed by atoms with Crippen molar-refractivity contribution in [2.75, 3.05) is 0 Å². The predicted octanol–water partition coefficient (Wildman–Crippen LogP) is 4.37. The van der Waals surface area contributed by atoms with Crippen molar-refractivity contribution < 1.29 is 4.79 Å². The van der Waals surface area contributed by atoms with Crippen LogP contribution < -0.4 is 0 Å². The molecule has 1 saturated carbocycles. The lowest BCUT2D eigenvalue weighted by atomic mass is 9.74. The lowest BCUT2D eigenvalue weighted by molar-refractivity contribution is 0.0534. The molecule has 2 aromatic carbocycles. The number of nitrogens with zero attached hydrogens (tertiary/aromatic N) is 1. The molecule has 2 atom stereocenters. The molecule has 2 heteroatoms. The Kier molecular flexibility index (Phi) is 3.45. The Labute approximate surface area is 131 Å². The van der Waals surface area contributed by atoms with E-state index in [-0.39, 0.29) is 5.91 Å². The fourth-order valence-corrected chi connectivity index (χ4v) is 4.14. The molecule has 0 bridgehead atoms. The van der Waals surface area contributed by atoms with Crippen LogP contribution in [0.5, 0.6) is 0 Å². The summed E-state index contributed by atoms with van der Waals surface area (Å²) >= 11 is 0. The van der Waals surface area contributed by atoms with Gasteiger partial charge in [0.05, 0.1) is 0 Å². The molecule has 1 aliphatic heterocycles. The smallest absolute Gasteiger partial charge is 0.254 e. The Morgan fingerprint density at radius 1 is 0.909 bits per heavy atom. The van der Waals surface area contributed by atoms with Gasteiger partial charge in [0.15, 0.2) is 0 Å². The number of fused-ring (bicyclic) bond motifs is 3. The van der Waals surface area contributed by atoms with Gasteiger partial charge >= 0.3 is 0 Å². The topological polar surface area (TPSA) is 20.3 Å². The normalized spacial score (nSPS) is 23.8. The predicted molar refractivity (Wildman–Crippen MR) is 87.8 cm³/mol. The molecule has 0 unspecified atom stereocenters. The van der Waals surface area contributed by atoms with Crippen LogP contribution in [0.15, 0.2) is 54.6 Å². The van der Waals surface area contributed by atoms with Crippen molar-refractivity contribution in [3.8, 4) is 0 Å².